The van der Waals surface area contributed by atoms with E-state index in [0.717, 1.165) is 0 Å². The summed E-state index contributed by atoms with van der Waals surface area (Å²) >= 11 is 0. The summed E-state index contributed by atoms with van der Waals surface area (Å²) in [6, 6.07) is 0. The first-order chi connectivity index (χ1) is 17.0. The molecule has 39 heavy (non-hydrogen) atoms. The van der Waals surface area contributed by atoms with Gasteiger partial charge >= 0.3 is 48.9 Å². The molecule has 0 saturated carbocycles. The van der Waals surface area contributed by atoms with E-state index in [4.69, 9.17) is 18.9 Å². The molecule has 0 aliphatic carbocycles. The van der Waals surface area contributed by atoms with Crippen LogP contribution >= 0.6 is 0 Å². The average molecular weight is 682 g/mol. The minimum absolute atomic E-state index is 0. The summed E-state index contributed by atoms with van der Waals surface area (Å²) < 4.78 is 19.9. The predicted molar refractivity (Wildman–Crippen MR) is 155 cm³/mol. The first kappa shape index (κ1) is 45.8. The Kier molecular flexibility index (Phi) is 26.3. The fourth-order valence-electron chi connectivity index (χ4n) is 1.71. The second kappa shape index (κ2) is 22.4. The molecular formula is C30H56BaO8. The molecule has 0 unspecified atom stereocenters. The van der Waals surface area contributed by atoms with Crippen molar-refractivity contribution in [1.29, 1.82) is 0 Å². The van der Waals surface area contributed by atoms with E-state index < -0.39 is 21.7 Å². The van der Waals surface area contributed by atoms with Gasteiger partial charge in [0.2, 0.25) is 0 Å². The van der Waals surface area contributed by atoms with Gasteiger partial charge in [-0.2, -0.15) is 0 Å². The monoisotopic (exact) mass is 682 g/mol. The van der Waals surface area contributed by atoms with E-state index in [1.807, 2.05) is 83.1 Å². The number of allylic oxidation sites excluding steroid dienone is 4. The van der Waals surface area contributed by atoms with Crippen LogP contribution in [0.2, 0.25) is 0 Å². The topological polar surface area (TPSA) is 117 Å². The maximum atomic E-state index is 11.4. The van der Waals surface area contributed by atoms with Gasteiger partial charge in [0, 0.05) is 25.0 Å². The zero-order valence-corrected chi connectivity index (χ0v) is 31.8. The largest absolute Gasteiger partial charge is 2.00 e. The third-order valence-electron chi connectivity index (χ3n) is 4.72. The van der Waals surface area contributed by atoms with Crippen LogP contribution in [0.5, 0.6) is 0 Å². The minimum Gasteiger partial charge on any atom is -0.875 e. The van der Waals surface area contributed by atoms with Crippen molar-refractivity contribution in [3.05, 3.63) is 23.7 Å². The van der Waals surface area contributed by atoms with Crippen molar-refractivity contribution in [3.8, 4) is 0 Å². The Morgan fingerprint density at radius 2 is 0.744 bits per heavy atom. The van der Waals surface area contributed by atoms with Crippen molar-refractivity contribution in [3.63, 3.8) is 0 Å². The maximum Gasteiger partial charge on any atom is 2.00 e. The number of hydrogen-bond donors (Lipinski definition) is 0. The molecule has 0 bridgehead atoms. The van der Waals surface area contributed by atoms with Crippen molar-refractivity contribution >= 4 is 60.4 Å². The number of hydrogen-bond acceptors (Lipinski definition) is 8. The van der Waals surface area contributed by atoms with Gasteiger partial charge in [-0.3, -0.25) is 9.59 Å². The van der Waals surface area contributed by atoms with Crippen molar-refractivity contribution in [1.82, 2.24) is 0 Å². The molecule has 0 saturated heterocycles. The van der Waals surface area contributed by atoms with Crippen LogP contribution in [0.15, 0.2) is 23.7 Å². The summed E-state index contributed by atoms with van der Waals surface area (Å²) in [5, 5.41) is 22.9. The van der Waals surface area contributed by atoms with Crippen LogP contribution in [0.1, 0.15) is 83.1 Å². The van der Waals surface area contributed by atoms with Crippen LogP contribution < -0.4 is 10.2 Å². The van der Waals surface area contributed by atoms with Gasteiger partial charge in [0.25, 0.3) is 0 Å². The maximum absolute atomic E-state index is 11.4. The van der Waals surface area contributed by atoms with Gasteiger partial charge in [0.1, 0.15) is 0 Å². The third-order valence-corrected chi connectivity index (χ3v) is 4.72. The Bertz CT molecular complexity index is 653. The molecule has 8 nitrogen and oxygen atoms in total. The Morgan fingerprint density at radius 3 is 0.923 bits per heavy atom. The van der Waals surface area contributed by atoms with Crippen molar-refractivity contribution in [2.75, 3.05) is 53.9 Å². The quantitative estimate of drug-likeness (QED) is 0.140. The van der Waals surface area contributed by atoms with E-state index in [1.54, 1.807) is 14.2 Å². The average Bonchev–Trinajstić information content (AvgIpc) is 2.74. The molecular weight excluding hydrogens is 626 g/mol. The van der Waals surface area contributed by atoms with Gasteiger partial charge in [-0.05, 0) is 23.0 Å². The van der Waals surface area contributed by atoms with E-state index in [2.05, 4.69) is 0 Å². The molecule has 0 N–H and O–H groups in total. The van der Waals surface area contributed by atoms with Crippen molar-refractivity contribution < 1.29 is 38.7 Å². The Morgan fingerprint density at radius 1 is 0.513 bits per heavy atom. The molecule has 0 aromatic rings. The van der Waals surface area contributed by atoms with E-state index in [1.165, 1.54) is 12.2 Å². The second-order valence-electron chi connectivity index (χ2n) is 13.0. The minimum atomic E-state index is -0.457. The van der Waals surface area contributed by atoms with Crippen LogP contribution in [-0.4, -0.2) is 114 Å². The third kappa shape index (κ3) is 29.1. The molecule has 0 aromatic carbocycles. The van der Waals surface area contributed by atoms with Gasteiger partial charge in [0.05, 0.1) is 39.6 Å². The molecule has 226 valence electrons. The Labute approximate surface area is 279 Å². The van der Waals surface area contributed by atoms with E-state index in [0.29, 0.717) is 39.6 Å². The summed E-state index contributed by atoms with van der Waals surface area (Å²) in [7, 11) is 3.30. The van der Waals surface area contributed by atoms with Gasteiger partial charge in [-0.25, -0.2) is 0 Å². The van der Waals surface area contributed by atoms with Crippen molar-refractivity contribution in [2.45, 2.75) is 83.1 Å². The summed E-state index contributed by atoms with van der Waals surface area (Å²) in [4.78, 5) is 22.9. The van der Waals surface area contributed by atoms with Gasteiger partial charge in [-0.15, -0.1) is 11.5 Å². The SMILES string of the molecule is CC(C)(C)C(=O)/C=C(\[O-])C(C)(C)C.CC(C)(C)C(=O)/C=C(\[O-])C(C)(C)C.COCCOCCOCCOC.[Ba+2]. The van der Waals surface area contributed by atoms with E-state index in [9.17, 15) is 19.8 Å². The van der Waals surface area contributed by atoms with Crippen LogP contribution in [0, 0.1) is 21.7 Å². The molecule has 0 aliphatic rings. The first-order valence-corrected chi connectivity index (χ1v) is 13.0. The standard InChI is InChI=1S/2C11H20O2.C8H18O4.Ba/c2*1-10(2,3)8(12)7-9(13)11(4,5)6;1-9-3-5-11-7-8-12-6-4-10-2;/h2*7,12H,1-6H3;3-8H2,1-2H3;/q;;;+2/p-2/b2*8-7-;;. The van der Waals surface area contributed by atoms with Gasteiger partial charge in [0.15, 0.2) is 11.6 Å². The van der Waals surface area contributed by atoms with E-state index in [-0.39, 0.29) is 72.0 Å². The van der Waals surface area contributed by atoms with Gasteiger partial charge in [-0.1, -0.05) is 83.1 Å². The van der Waals surface area contributed by atoms with Crippen LogP contribution in [0.3, 0.4) is 0 Å². The molecule has 0 radical (unpaired) electrons. The number of carbonyl (C=O) groups is 2. The normalized spacial score (nSPS) is 12.9. The van der Waals surface area contributed by atoms with Crippen LogP contribution in [0.4, 0.5) is 0 Å². The molecule has 0 aliphatic heterocycles. The first-order valence-electron chi connectivity index (χ1n) is 13.0. The summed E-state index contributed by atoms with van der Waals surface area (Å²) in [6.07, 6.45) is 2.44. The second-order valence-corrected chi connectivity index (χ2v) is 13.0. The molecule has 0 heterocycles. The molecule has 0 rings (SSSR count). The molecule has 9 heteroatoms. The fourth-order valence-corrected chi connectivity index (χ4v) is 1.71. The number of methoxy groups -OCH3 is 2. The smallest absolute Gasteiger partial charge is 0.875 e. The molecule has 0 amide bonds. The Balaban J connectivity index is -0.000000233. The Hall–Kier alpha value is -0.169. The predicted octanol–water partition coefficient (Wildman–Crippen LogP) is 3.72. The number of ether oxygens (including phenoxy) is 4. The molecule has 0 spiro atoms. The summed E-state index contributed by atoms with van der Waals surface area (Å²) in [5.74, 6) is -0.417. The molecule has 0 fully saturated rings. The van der Waals surface area contributed by atoms with Crippen LogP contribution in [0.25, 0.3) is 0 Å². The van der Waals surface area contributed by atoms with Crippen LogP contribution in [-0.2, 0) is 28.5 Å². The number of rotatable bonds is 11. The summed E-state index contributed by atoms with van der Waals surface area (Å²) in [5.41, 5.74) is -1.83. The van der Waals surface area contributed by atoms with Gasteiger partial charge < -0.3 is 29.2 Å². The zero-order chi connectivity index (χ0) is 30.8. The molecule has 0 atom stereocenters. The fraction of sp³-hybridized carbons (Fsp3) is 0.800. The molecule has 0 aromatic heterocycles. The van der Waals surface area contributed by atoms with E-state index >= 15 is 0 Å². The number of ketones is 2. The zero-order valence-electron chi connectivity index (χ0n) is 27.4. The van der Waals surface area contributed by atoms with Crippen molar-refractivity contribution in [2.24, 2.45) is 21.7 Å². The summed E-state index contributed by atoms with van der Waals surface area (Å²) in [6.45, 7) is 25.5. The number of carbonyl (C=O) groups excluding carboxylic acids is 2.